The van der Waals surface area contributed by atoms with E-state index in [1.165, 1.54) is 12.1 Å². The molecule has 0 saturated heterocycles. The molecule has 2 rings (SSSR count). The molecule has 0 bridgehead atoms. The fourth-order valence-corrected chi connectivity index (χ4v) is 1.73. The highest BCUT2D eigenvalue weighted by atomic mass is 19.1. The van der Waals surface area contributed by atoms with Crippen molar-refractivity contribution < 1.29 is 18.4 Å². The Hall–Kier alpha value is -2.24. The van der Waals surface area contributed by atoms with Crippen LogP contribution in [0.25, 0.3) is 0 Å². The average Bonchev–Trinajstić information content (AvgIpc) is 2.79. The van der Waals surface area contributed by atoms with Crippen LogP contribution >= 0.6 is 0 Å². The highest BCUT2D eigenvalue weighted by molar-refractivity contribution is 5.80. The van der Waals surface area contributed by atoms with E-state index in [2.05, 4.69) is 10.1 Å². The molecule has 1 aromatic carbocycles. The summed E-state index contributed by atoms with van der Waals surface area (Å²) in [5.41, 5.74) is 0.157. The molecule has 0 spiro atoms. The van der Waals surface area contributed by atoms with Crippen molar-refractivity contribution in [2.24, 2.45) is 0 Å². The van der Waals surface area contributed by atoms with Gasteiger partial charge in [0, 0.05) is 5.56 Å². The van der Waals surface area contributed by atoms with Crippen LogP contribution in [-0.4, -0.2) is 22.7 Å². The van der Waals surface area contributed by atoms with Crippen molar-refractivity contribution in [3.8, 4) is 0 Å². The van der Waals surface area contributed by atoms with E-state index in [1.807, 2.05) is 0 Å². The van der Waals surface area contributed by atoms with Gasteiger partial charge in [0.05, 0.1) is 6.61 Å². The zero-order valence-electron chi connectivity index (χ0n) is 10.6. The number of hydrogen-bond donors (Lipinski definition) is 0. The summed E-state index contributed by atoms with van der Waals surface area (Å²) >= 11 is 0. The molecule has 1 atom stereocenters. The molecule has 0 amide bonds. The maximum absolute atomic E-state index is 13.8. The van der Waals surface area contributed by atoms with Crippen LogP contribution in [0.15, 0.2) is 28.8 Å². The molecule has 6 heteroatoms. The van der Waals surface area contributed by atoms with Crippen LogP contribution < -0.4 is 0 Å². The first-order chi connectivity index (χ1) is 9.13. The number of rotatable bonds is 4. The van der Waals surface area contributed by atoms with Gasteiger partial charge in [-0.15, -0.1) is 0 Å². The summed E-state index contributed by atoms with van der Waals surface area (Å²) in [6, 6.07) is 5.94. The summed E-state index contributed by atoms with van der Waals surface area (Å²) in [6.07, 6.45) is 0. The zero-order valence-corrected chi connectivity index (χ0v) is 10.6. The van der Waals surface area contributed by atoms with Gasteiger partial charge in [-0.25, -0.2) is 4.39 Å². The van der Waals surface area contributed by atoms with Gasteiger partial charge in [-0.05, 0) is 19.9 Å². The number of carbonyl (C=O) groups is 1. The second-order valence-corrected chi connectivity index (χ2v) is 3.89. The van der Waals surface area contributed by atoms with Crippen molar-refractivity contribution in [1.29, 1.82) is 0 Å². The molecule has 1 unspecified atom stereocenters. The minimum absolute atomic E-state index is 0.0287. The maximum atomic E-state index is 13.8. The molecule has 0 aliphatic heterocycles. The van der Waals surface area contributed by atoms with Gasteiger partial charge < -0.3 is 9.26 Å². The summed E-state index contributed by atoms with van der Waals surface area (Å²) < 4.78 is 23.8. The quantitative estimate of drug-likeness (QED) is 0.792. The van der Waals surface area contributed by atoms with Gasteiger partial charge in [-0.2, -0.15) is 4.98 Å². The third kappa shape index (κ3) is 2.78. The molecule has 0 fully saturated rings. The predicted molar refractivity (Wildman–Crippen MR) is 63.9 cm³/mol. The van der Waals surface area contributed by atoms with Gasteiger partial charge in [0.25, 0.3) is 0 Å². The Morgan fingerprint density at radius 3 is 2.79 bits per heavy atom. The van der Waals surface area contributed by atoms with Gasteiger partial charge in [0.1, 0.15) is 5.82 Å². The number of benzene rings is 1. The largest absolute Gasteiger partial charge is 0.465 e. The third-order valence-corrected chi connectivity index (χ3v) is 2.53. The summed E-state index contributed by atoms with van der Waals surface area (Å²) in [7, 11) is 0. The molecular formula is C13H13FN2O3. The van der Waals surface area contributed by atoms with Crippen LogP contribution in [0.5, 0.6) is 0 Å². The molecule has 0 aliphatic rings. The Morgan fingerprint density at radius 1 is 1.47 bits per heavy atom. The number of nitrogens with zero attached hydrogens (tertiary/aromatic N) is 2. The van der Waals surface area contributed by atoms with E-state index < -0.39 is 17.7 Å². The monoisotopic (exact) mass is 264 g/mol. The van der Waals surface area contributed by atoms with Crippen molar-refractivity contribution >= 4 is 5.97 Å². The predicted octanol–water partition coefficient (Wildman–Crippen LogP) is 2.21. The van der Waals surface area contributed by atoms with Crippen LogP contribution in [0.2, 0.25) is 0 Å². The molecule has 0 radical (unpaired) electrons. The lowest BCUT2D eigenvalue weighted by Crippen LogP contribution is -2.18. The van der Waals surface area contributed by atoms with Gasteiger partial charge in [0.15, 0.2) is 11.7 Å². The number of halogens is 1. The fourth-order valence-electron chi connectivity index (χ4n) is 1.73. The van der Waals surface area contributed by atoms with E-state index in [0.29, 0.717) is 5.82 Å². The number of ether oxygens (including phenoxy) is 1. The van der Waals surface area contributed by atoms with Crippen molar-refractivity contribution in [2.45, 2.75) is 19.8 Å². The van der Waals surface area contributed by atoms with Gasteiger partial charge >= 0.3 is 5.97 Å². The zero-order chi connectivity index (χ0) is 13.8. The van der Waals surface area contributed by atoms with Crippen LogP contribution in [0.3, 0.4) is 0 Å². The molecule has 1 aromatic heterocycles. The van der Waals surface area contributed by atoms with Gasteiger partial charge in [-0.3, -0.25) is 4.79 Å². The second kappa shape index (κ2) is 5.60. The number of hydrogen-bond acceptors (Lipinski definition) is 5. The second-order valence-electron chi connectivity index (χ2n) is 3.89. The normalized spacial score (nSPS) is 12.2. The third-order valence-electron chi connectivity index (χ3n) is 2.53. The van der Waals surface area contributed by atoms with Crippen LogP contribution in [-0.2, 0) is 9.53 Å². The fraction of sp³-hybridized carbons (Fsp3) is 0.308. The standard InChI is InChI=1S/C13H13FN2O3/c1-3-18-13(17)11(12-15-8(2)16-19-12)9-6-4-5-7-10(9)14/h4-7,11H,3H2,1-2H3. The Morgan fingerprint density at radius 2 is 2.21 bits per heavy atom. The van der Waals surface area contributed by atoms with E-state index in [0.717, 1.165) is 0 Å². The molecule has 100 valence electrons. The Labute approximate surface area is 109 Å². The number of esters is 1. The van der Waals surface area contributed by atoms with Crippen LogP contribution in [0, 0.1) is 12.7 Å². The van der Waals surface area contributed by atoms with E-state index in [-0.39, 0.29) is 18.1 Å². The topological polar surface area (TPSA) is 65.2 Å². The minimum atomic E-state index is -1.04. The Bertz CT molecular complexity index is 583. The Balaban J connectivity index is 2.46. The van der Waals surface area contributed by atoms with Crippen molar-refractivity contribution in [3.63, 3.8) is 0 Å². The smallest absolute Gasteiger partial charge is 0.323 e. The minimum Gasteiger partial charge on any atom is -0.465 e. The molecule has 0 N–H and O–H groups in total. The van der Waals surface area contributed by atoms with Crippen molar-refractivity contribution in [2.75, 3.05) is 6.61 Å². The molecule has 1 heterocycles. The number of aryl methyl sites for hydroxylation is 1. The lowest BCUT2D eigenvalue weighted by atomic mass is 9.98. The molecule has 2 aromatic rings. The van der Waals surface area contributed by atoms with E-state index in [1.54, 1.807) is 26.0 Å². The summed E-state index contributed by atoms with van der Waals surface area (Å²) in [6.45, 7) is 3.49. The summed E-state index contributed by atoms with van der Waals surface area (Å²) in [5, 5.41) is 3.62. The van der Waals surface area contributed by atoms with E-state index in [9.17, 15) is 9.18 Å². The highest BCUT2D eigenvalue weighted by Crippen LogP contribution is 2.27. The van der Waals surface area contributed by atoms with E-state index >= 15 is 0 Å². The Kier molecular flexibility index (Phi) is 3.89. The number of aromatic nitrogens is 2. The first-order valence-electron chi connectivity index (χ1n) is 5.84. The number of carbonyl (C=O) groups excluding carboxylic acids is 1. The molecule has 0 aliphatic carbocycles. The van der Waals surface area contributed by atoms with Crippen molar-refractivity contribution in [3.05, 3.63) is 47.4 Å². The average molecular weight is 264 g/mol. The lowest BCUT2D eigenvalue weighted by Gasteiger charge is -2.12. The van der Waals surface area contributed by atoms with Crippen LogP contribution in [0.1, 0.15) is 30.1 Å². The summed E-state index contributed by atoms with van der Waals surface area (Å²) in [5.74, 6) is -1.77. The maximum Gasteiger partial charge on any atom is 0.323 e. The molecular weight excluding hydrogens is 251 g/mol. The van der Waals surface area contributed by atoms with Gasteiger partial charge in [0.2, 0.25) is 5.89 Å². The van der Waals surface area contributed by atoms with Crippen LogP contribution in [0.4, 0.5) is 4.39 Å². The van der Waals surface area contributed by atoms with E-state index in [4.69, 9.17) is 9.26 Å². The first kappa shape index (κ1) is 13.2. The van der Waals surface area contributed by atoms with Crippen molar-refractivity contribution in [1.82, 2.24) is 10.1 Å². The molecule has 19 heavy (non-hydrogen) atoms. The van der Waals surface area contributed by atoms with Gasteiger partial charge in [-0.1, -0.05) is 23.4 Å². The highest BCUT2D eigenvalue weighted by Gasteiger charge is 2.31. The first-order valence-corrected chi connectivity index (χ1v) is 5.84. The molecule has 5 nitrogen and oxygen atoms in total. The SMILES string of the molecule is CCOC(=O)C(c1nc(C)no1)c1ccccc1F. The lowest BCUT2D eigenvalue weighted by molar-refractivity contribution is -0.144. The summed E-state index contributed by atoms with van der Waals surface area (Å²) in [4.78, 5) is 16.0. The molecule has 0 saturated carbocycles.